The van der Waals surface area contributed by atoms with Crippen molar-refractivity contribution in [1.82, 2.24) is 10.5 Å². The van der Waals surface area contributed by atoms with Crippen molar-refractivity contribution in [2.75, 3.05) is 11.9 Å². The molecule has 0 aliphatic carbocycles. The average Bonchev–Trinajstić information content (AvgIpc) is 2.97. The molecule has 1 heterocycles. The van der Waals surface area contributed by atoms with Gasteiger partial charge in [-0.15, -0.1) is 0 Å². The van der Waals surface area contributed by atoms with E-state index < -0.39 is 30.4 Å². The quantitative estimate of drug-likeness (QED) is 0.757. The molecule has 132 valence electrons. The second kappa shape index (κ2) is 8.29. The van der Waals surface area contributed by atoms with Gasteiger partial charge < -0.3 is 19.9 Å². The molecule has 0 saturated heterocycles. The van der Waals surface area contributed by atoms with E-state index >= 15 is 0 Å². The van der Waals surface area contributed by atoms with E-state index in [1.54, 1.807) is 25.1 Å². The Balaban J connectivity index is 1.81. The summed E-state index contributed by atoms with van der Waals surface area (Å²) in [7, 11) is 0. The Morgan fingerprint density at radius 2 is 2.04 bits per heavy atom. The minimum absolute atomic E-state index is 0.221. The van der Waals surface area contributed by atoms with E-state index in [2.05, 4.69) is 15.8 Å². The van der Waals surface area contributed by atoms with Gasteiger partial charge in [-0.3, -0.25) is 9.59 Å². The van der Waals surface area contributed by atoms with Crippen molar-refractivity contribution in [2.24, 2.45) is 0 Å². The number of esters is 1. The van der Waals surface area contributed by atoms with E-state index in [-0.39, 0.29) is 16.4 Å². The van der Waals surface area contributed by atoms with Crippen LogP contribution in [-0.4, -0.2) is 35.6 Å². The number of amides is 2. The molecule has 8 nitrogen and oxygen atoms in total. The Morgan fingerprint density at radius 3 is 2.68 bits per heavy atom. The van der Waals surface area contributed by atoms with Gasteiger partial charge in [-0.1, -0.05) is 28.9 Å². The zero-order chi connectivity index (χ0) is 18.4. The number of aryl methyl sites for hydroxylation is 1. The van der Waals surface area contributed by atoms with Gasteiger partial charge in [0.25, 0.3) is 11.8 Å². The molecule has 25 heavy (non-hydrogen) atoms. The summed E-state index contributed by atoms with van der Waals surface area (Å²) in [4.78, 5) is 35.6. The Morgan fingerprint density at radius 1 is 1.32 bits per heavy atom. The highest BCUT2D eigenvalue weighted by Crippen LogP contribution is 2.14. The Bertz CT molecular complexity index is 790. The van der Waals surface area contributed by atoms with Gasteiger partial charge in [0.1, 0.15) is 11.8 Å². The molecule has 0 radical (unpaired) electrons. The van der Waals surface area contributed by atoms with Crippen LogP contribution in [0.25, 0.3) is 0 Å². The van der Waals surface area contributed by atoms with Gasteiger partial charge in [0, 0.05) is 6.07 Å². The van der Waals surface area contributed by atoms with E-state index in [1.807, 2.05) is 0 Å². The fraction of sp³-hybridized carbons (Fsp3) is 0.250. The van der Waals surface area contributed by atoms with Crippen LogP contribution < -0.4 is 10.6 Å². The molecule has 2 rings (SSSR count). The summed E-state index contributed by atoms with van der Waals surface area (Å²) < 4.78 is 9.65. The number of rotatable bonds is 6. The molecule has 0 aliphatic rings. The lowest BCUT2D eigenvalue weighted by atomic mass is 10.2. The first-order chi connectivity index (χ1) is 11.9. The van der Waals surface area contributed by atoms with Crippen molar-refractivity contribution in [2.45, 2.75) is 19.9 Å². The lowest BCUT2D eigenvalue weighted by Gasteiger charge is -2.13. The summed E-state index contributed by atoms with van der Waals surface area (Å²) in [6.07, 6.45) is 0. The first-order valence-electron chi connectivity index (χ1n) is 7.32. The Hall–Kier alpha value is -2.87. The predicted octanol–water partition coefficient (Wildman–Crippen LogP) is 1.94. The molecule has 2 amide bonds. The summed E-state index contributed by atoms with van der Waals surface area (Å²) >= 11 is 5.92. The number of aromatic nitrogens is 1. The number of carbonyl (C=O) groups excluding carboxylic acids is 3. The molecule has 0 aliphatic heterocycles. The molecule has 0 bridgehead atoms. The molecule has 0 fully saturated rings. The lowest BCUT2D eigenvalue weighted by molar-refractivity contribution is -0.148. The molecule has 9 heteroatoms. The largest absolute Gasteiger partial charge is 0.454 e. The fourth-order valence-corrected chi connectivity index (χ4v) is 2.07. The van der Waals surface area contributed by atoms with Gasteiger partial charge in [-0.2, -0.15) is 0 Å². The van der Waals surface area contributed by atoms with Crippen LogP contribution in [0.5, 0.6) is 0 Å². The third-order valence-electron chi connectivity index (χ3n) is 3.06. The highest BCUT2D eigenvalue weighted by Gasteiger charge is 2.20. The maximum absolute atomic E-state index is 12.1. The smallest absolute Gasteiger partial charge is 0.328 e. The van der Waals surface area contributed by atoms with Crippen molar-refractivity contribution in [3.8, 4) is 0 Å². The van der Waals surface area contributed by atoms with E-state index in [9.17, 15) is 14.4 Å². The molecule has 1 atom stereocenters. The highest BCUT2D eigenvalue weighted by atomic mass is 35.5. The molecule has 2 N–H and O–H groups in total. The summed E-state index contributed by atoms with van der Waals surface area (Å²) in [5.41, 5.74) is 0.239. The number of nitrogens with zero attached hydrogens (tertiary/aromatic N) is 1. The van der Waals surface area contributed by atoms with Crippen molar-refractivity contribution >= 4 is 35.2 Å². The predicted molar refractivity (Wildman–Crippen MR) is 89.2 cm³/mol. The molecule has 0 saturated carbocycles. The van der Waals surface area contributed by atoms with Crippen LogP contribution in [0.15, 0.2) is 34.9 Å². The van der Waals surface area contributed by atoms with Crippen molar-refractivity contribution in [3.05, 3.63) is 46.7 Å². The van der Waals surface area contributed by atoms with Gasteiger partial charge in [-0.25, -0.2) is 4.79 Å². The van der Waals surface area contributed by atoms with Crippen LogP contribution in [0.2, 0.25) is 5.02 Å². The van der Waals surface area contributed by atoms with Crippen molar-refractivity contribution < 1.29 is 23.6 Å². The monoisotopic (exact) mass is 365 g/mol. The average molecular weight is 366 g/mol. The van der Waals surface area contributed by atoms with Gasteiger partial charge in [0.15, 0.2) is 12.4 Å². The third-order valence-corrected chi connectivity index (χ3v) is 3.39. The van der Waals surface area contributed by atoms with Gasteiger partial charge >= 0.3 is 5.97 Å². The van der Waals surface area contributed by atoms with Crippen LogP contribution in [0.3, 0.4) is 0 Å². The van der Waals surface area contributed by atoms with Crippen LogP contribution >= 0.6 is 11.6 Å². The molecule has 0 spiro atoms. The summed E-state index contributed by atoms with van der Waals surface area (Å²) in [5.74, 6) is -1.10. The van der Waals surface area contributed by atoms with Crippen LogP contribution in [-0.2, 0) is 14.3 Å². The molecular formula is C16H16ClN3O5. The number of halogens is 1. The molecular weight excluding hydrogens is 350 g/mol. The van der Waals surface area contributed by atoms with Gasteiger partial charge in [0.05, 0.1) is 10.6 Å². The number of anilines is 1. The van der Waals surface area contributed by atoms with Crippen LogP contribution in [0, 0.1) is 6.92 Å². The zero-order valence-corrected chi connectivity index (χ0v) is 14.3. The Kier molecular flexibility index (Phi) is 6.13. The number of ether oxygens (including phenoxy) is 1. The van der Waals surface area contributed by atoms with E-state index in [0.717, 1.165) is 0 Å². The second-order valence-electron chi connectivity index (χ2n) is 5.15. The zero-order valence-electron chi connectivity index (χ0n) is 13.5. The summed E-state index contributed by atoms with van der Waals surface area (Å²) in [6, 6.07) is 7.00. The molecule has 1 aromatic carbocycles. The summed E-state index contributed by atoms with van der Waals surface area (Å²) in [6.45, 7) is 2.60. The van der Waals surface area contributed by atoms with Crippen molar-refractivity contribution in [1.29, 1.82) is 0 Å². The second-order valence-corrected chi connectivity index (χ2v) is 5.56. The number of hydrogen-bond acceptors (Lipinski definition) is 6. The minimum atomic E-state index is -0.953. The standard InChI is InChI=1S/C16H16ClN3O5/c1-9-7-13(20-25-9)19-14(21)8-24-16(23)10(2)18-15(22)11-5-3-4-6-12(11)17/h3-7,10H,8H2,1-2H3,(H,18,22)(H,19,20,21)/t10-/m0/s1. The molecule has 2 aromatic rings. The first kappa shape index (κ1) is 18.5. The summed E-state index contributed by atoms with van der Waals surface area (Å²) in [5, 5.41) is 8.71. The Labute approximate surface area is 148 Å². The topological polar surface area (TPSA) is 111 Å². The number of hydrogen-bond donors (Lipinski definition) is 2. The van der Waals surface area contributed by atoms with Crippen molar-refractivity contribution in [3.63, 3.8) is 0 Å². The third kappa shape index (κ3) is 5.32. The normalized spacial score (nSPS) is 11.5. The SMILES string of the molecule is Cc1cc(NC(=O)COC(=O)[C@H](C)NC(=O)c2ccccc2Cl)no1. The fourth-order valence-electron chi connectivity index (χ4n) is 1.84. The van der Waals surface area contributed by atoms with Gasteiger partial charge in [-0.05, 0) is 26.0 Å². The maximum atomic E-state index is 12.1. The maximum Gasteiger partial charge on any atom is 0.328 e. The molecule has 1 aromatic heterocycles. The van der Waals surface area contributed by atoms with Crippen LogP contribution in [0.4, 0.5) is 5.82 Å². The first-order valence-corrected chi connectivity index (χ1v) is 7.70. The number of benzene rings is 1. The van der Waals surface area contributed by atoms with Gasteiger partial charge in [0.2, 0.25) is 0 Å². The van der Waals surface area contributed by atoms with Crippen LogP contribution in [0.1, 0.15) is 23.0 Å². The highest BCUT2D eigenvalue weighted by molar-refractivity contribution is 6.33. The van der Waals surface area contributed by atoms with E-state index in [0.29, 0.717) is 5.76 Å². The van der Waals surface area contributed by atoms with E-state index in [4.69, 9.17) is 20.9 Å². The van der Waals surface area contributed by atoms with E-state index in [1.165, 1.54) is 19.1 Å². The minimum Gasteiger partial charge on any atom is -0.454 e. The number of nitrogens with one attached hydrogen (secondary N) is 2. The molecule has 0 unspecified atom stereocenters. The number of carbonyl (C=O) groups is 3. The lowest BCUT2D eigenvalue weighted by Crippen LogP contribution is -2.40.